The Morgan fingerprint density at radius 1 is 1.38 bits per heavy atom. The zero-order chi connectivity index (χ0) is 9.26. The fraction of sp³-hybridized carbons (Fsp3) is 0.300. The Bertz CT molecular complexity index is 326. The van der Waals surface area contributed by atoms with Crippen molar-refractivity contribution in [1.82, 2.24) is 4.90 Å². The van der Waals surface area contributed by atoms with Crippen LogP contribution in [0.5, 0.6) is 0 Å². The quantitative estimate of drug-likeness (QED) is 0.615. The fourth-order valence-corrected chi connectivity index (χ4v) is 1.62. The molecule has 0 aromatic carbocycles. The van der Waals surface area contributed by atoms with E-state index in [1.54, 1.807) is 6.20 Å². The molecule has 0 spiro atoms. The molecular weight excluding hydrogens is 166 g/mol. The third-order valence-electron chi connectivity index (χ3n) is 2.35. The normalized spacial score (nSPS) is 20.5. The van der Waals surface area contributed by atoms with Crippen LogP contribution in [0, 0.1) is 0 Å². The number of nitrogens with zero attached hydrogens (tertiary/aromatic N) is 1. The molecule has 1 heterocycles. The molecule has 3 nitrogen and oxygen atoms in total. The van der Waals surface area contributed by atoms with Crippen molar-refractivity contribution >= 4 is 6.09 Å². The molecule has 1 aliphatic heterocycles. The van der Waals surface area contributed by atoms with Gasteiger partial charge in [-0.05, 0) is 30.1 Å². The van der Waals surface area contributed by atoms with Gasteiger partial charge in [-0.2, -0.15) is 0 Å². The molecule has 0 bridgehead atoms. The van der Waals surface area contributed by atoms with Crippen LogP contribution in [-0.4, -0.2) is 22.6 Å². The molecule has 0 saturated carbocycles. The summed E-state index contributed by atoms with van der Waals surface area (Å²) in [6.45, 7) is 0.498. The standard InChI is InChI=1S/C10H11NO2/c12-10(13)11-6-5-8-3-1-2-4-9(8)7-11/h2,4-6H,1,3,7H2,(H,12,13). The van der Waals surface area contributed by atoms with Crippen LogP contribution in [-0.2, 0) is 0 Å². The predicted octanol–water partition coefficient (Wildman–Crippen LogP) is 2.14. The van der Waals surface area contributed by atoms with E-state index in [9.17, 15) is 4.79 Å². The van der Waals surface area contributed by atoms with Crippen LogP contribution in [0.25, 0.3) is 0 Å². The van der Waals surface area contributed by atoms with E-state index in [1.165, 1.54) is 10.5 Å². The van der Waals surface area contributed by atoms with Crippen LogP contribution in [0.15, 0.2) is 35.6 Å². The minimum atomic E-state index is -0.887. The molecule has 1 aliphatic carbocycles. The van der Waals surface area contributed by atoms with Crippen molar-refractivity contribution in [2.24, 2.45) is 0 Å². The van der Waals surface area contributed by atoms with E-state index in [1.807, 2.05) is 12.2 Å². The SMILES string of the molecule is O=C(O)N1C=CC2=C(C=CCC2)C1. The van der Waals surface area contributed by atoms with Gasteiger partial charge in [0.1, 0.15) is 0 Å². The zero-order valence-corrected chi connectivity index (χ0v) is 7.23. The minimum absolute atomic E-state index is 0.498. The van der Waals surface area contributed by atoms with E-state index in [4.69, 9.17) is 5.11 Å². The van der Waals surface area contributed by atoms with Crippen molar-refractivity contribution in [2.45, 2.75) is 12.8 Å². The second kappa shape index (κ2) is 3.09. The van der Waals surface area contributed by atoms with Crippen LogP contribution in [0.3, 0.4) is 0 Å². The topological polar surface area (TPSA) is 40.5 Å². The Balaban J connectivity index is 2.20. The average Bonchev–Trinajstić information content (AvgIpc) is 2.17. The lowest BCUT2D eigenvalue weighted by atomic mass is 9.95. The lowest BCUT2D eigenvalue weighted by Crippen LogP contribution is -2.28. The number of carbonyl (C=O) groups is 1. The molecule has 2 rings (SSSR count). The van der Waals surface area contributed by atoms with Gasteiger partial charge in [-0.25, -0.2) is 4.79 Å². The number of hydrogen-bond donors (Lipinski definition) is 1. The van der Waals surface area contributed by atoms with Crippen LogP contribution < -0.4 is 0 Å². The molecular formula is C10H11NO2. The number of hydrogen-bond acceptors (Lipinski definition) is 1. The molecule has 0 fully saturated rings. The lowest BCUT2D eigenvalue weighted by molar-refractivity contribution is 0.165. The van der Waals surface area contributed by atoms with Crippen molar-refractivity contribution < 1.29 is 9.90 Å². The van der Waals surface area contributed by atoms with Crippen LogP contribution >= 0.6 is 0 Å². The molecule has 0 aromatic heterocycles. The third-order valence-corrected chi connectivity index (χ3v) is 2.35. The highest BCUT2D eigenvalue weighted by Crippen LogP contribution is 2.24. The maximum Gasteiger partial charge on any atom is 0.411 e. The minimum Gasteiger partial charge on any atom is -0.465 e. The summed E-state index contributed by atoms with van der Waals surface area (Å²) in [5.41, 5.74) is 2.41. The van der Waals surface area contributed by atoms with E-state index in [-0.39, 0.29) is 0 Å². The van der Waals surface area contributed by atoms with E-state index >= 15 is 0 Å². The van der Waals surface area contributed by atoms with Crippen molar-refractivity contribution in [2.75, 3.05) is 6.54 Å². The molecule has 3 heteroatoms. The van der Waals surface area contributed by atoms with Crippen LogP contribution in [0.2, 0.25) is 0 Å². The van der Waals surface area contributed by atoms with E-state index in [0.717, 1.165) is 18.4 Å². The van der Waals surface area contributed by atoms with Gasteiger partial charge in [-0.1, -0.05) is 12.2 Å². The largest absolute Gasteiger partial charge is 0.465 e. The Kier molecular flexibility index (Phi) is 1.93. The average molecular weight is 177 g/mol. The highest BCUT2D eigenvalue weighted by atomic mass is 16.4. The monoisotopic (exact) mass is 177 g/mol. The Morgan fingerprint density at radius 2 is 2.23 bits per heavy atom. The predicted molar refractivity (Wildman–Crippen MR) is 49.3 cm³/mol. The summed E-state index contributed by atoms with van der Waals surface area (Å²) in [6.07, 6.45) is 8.88. The highest BCUT2D eigenvalue weighted by Gasteiger charge is 2.17. The summed E-state index contributed by atoms with van der Waals surface area (Å²) in [6, 6.07) is 0. The number of allylic oxidation sites excluding steroid dienone is 3. The molecule has 0 unspecified atom stereocenters. The van der Waals surface area contributed by atoms with Crippen LogP contribution in [0.4, 0.5) is 4.79 Å². The Morgan fingerprint density at radius 3 is 3.00 bits per heavy atom. The molecule has 1 N–H and O–H groups in total. The van der Waals surface area contributed by atoms with Gasteiger partial charge < -0.3 is 5.11 Å². The number of carboxylic acid groups (broad SMARTS) is 1. The van der Waals surface area contributed by atoms with Crippen molar-refractivity contribution in [3.63, 3.8) is 0 Å². The summed E-state index contributed by atoms with van der Waals surface area (Å²) in [5, 5.41) is 8.76. The first-order valence-electron chi connectivity index (χ1n) is 4.34. The van der Waals surface area contributed by atoms with Crippen molar-refractivity contribution in [3.05, 3.63) is 35.6 Å². The smallest absolute Gasteiger partial charge is 0.411 e. The van der Waals surface area contributed by atoms with Crippen molar-refractivity contribution in [1.29, 1.82) is 0 Å². The fourth-order valence-electron chi connectivity index (χ4n) is 1.62. The molecule has 1 amide bonds. The summed E-state index contributed by atoms with van der Waals surface area (Å²) >= 11 is 0. The van der Waals surface area contributed by atoms with Gasteiger partial charge in [0.25, 0.3) is 0 Å². The number of amides is 1. The molecule has 0 aromatic rings. The van der Waals surface area contributed by atoms with E-state index in [0.29, 0.717) is 6.54 Å². The maximum atomic E-state index is 10.7. The highest BCUT2D eigenvalue weighted by molar-refractivity contribution is 5.68. The third kappa shape index (κ3) is 1.49. The van der Waals surface area contributed by atoms with Crippen LogP contribution in [0.1, 0.15) is 12.8 Å². The molecule has 13 heavy (non-hydrogen) atoms. The van der Waals surface area contributed by atoms with Crippen molar-refractivity contribution in [3.8, 4) is 0 Å². The Hall–Kier alpha value is -1.51. The summed E-state index contributed by atoms with van der Waals surface area (Å²) in [5.74, 6) is 0. The first kappa shape index (κ1) is 8.10. The lowest BCUT2D eigenvalue weighted by Gasteiger charge is -2.23. The van der Waals surface area contributed by atoms with Gasteiger partial charge >= 0.3 is 6.09 Å². The number of rotatable bonds is 0. The van der Waals surface area contributed by atoms with Gasteiger partial charge in [0.2, 0.25) is 0 Å². The van der Waals surface area contributed by atoms with Gasteiger partial charge in [-0.15, -0.1) is 0 Å². The molecule has 2 aliphatic rings. The molecule has 0 saturated heterocycles. The first-order chi connectivity index (χ1) is 6.27. The molecule has 0 radical (unpaired) electrons. The summed E-state index contributed by atoms with van der Waals surface area (Å²) in [7, 11) is 0. The zero-order valence-electron chi connectivity index (χ0n) is 7.23. The second-order valence-electron chi connectivity index (χ2n) is 3.22. The summed E-state index contributed by atoms with van der Waals surface area (Å²) < 4.78 is 0. The molecule has 68 valence electrons. The van der Waals surface area contributed by atoms with Gasteiger partial charge in [0.15, 0.2) is 0 Å². The second-order valence-corrected chi connectivity index (χ2v) is 3.22. The molecule has 0 atom stereocenters. The van der Waals surface area contributed by atoms with E-state index in [2.05, 4.69) is 6.08 Å². The van der Waals surface area contributed by atoms with Gasteiger partial charge in [0, 0.05) is 6.20 Å². The van der Waals surface area contributed by atoms with Gasteiger partial charge in [0.05, 0.1) is 6.54 Å². The first-order valence-corrected chi connectivity index (χ1v) is 4.34. The Labute approximate surface area is 76.7 Å². The maximum absolute atomic E-state index is 10.7. The summed E-state index contributed by atoms with van der Waals surface area (Å²) in [4.78, 5) is 12.0. The van der Waals surface area contributed by atoms with Gasteiger partial charge in [-0.3, -0.25) is 4.90 Å². The van der Waals surface area contributed by atoms with E-state index < -0.39 is 6.09 Å².